The molecule has 0 bridgehead atoms. The molecule has 0 aliphatic heterocycles. The van der Waals surface area contributed by atoms with Gasteiger partial charge in [0, 0.05) is 6.54 Å². The summed E-state index contributed by atoms with van der Waals surface area (Å²) in [6.07, 6.45) is 0. The molecule has 0 aliphatic carbocycles. The predicted molar refractivity (Wildman–Crippen MR) is 60.6 cm³/mol. The van der Waals surface area contributed by atoms with Crippen LogP contribution in [0.4, 0.5) is 0 Å². The van der Waals surface area contributed by atoms with Crippen LogP contribution in [0, 0.1) is 0 Å². The molecule has 5 heteroatoms. The van der Waals surface area contributed by atoms with Crippen molar-refractivity contribution in [2.24, 2.45) is 5.73 Å². The maximum Gasteiger partial charge on any atom is 0.278 e. The third-order valence-corrected chi connectivity index (χ3v) is 2.06. The molecule has 5 nitrogen and oxygen atoms in total. The van der Waals surface area contributed by atoms with Gasteiger partial charge < -0.3 is 15.2 Å². The first-order valence-corrected chi connectivity index (χ1v) is 4.99. The number of benzene rings is 1. The maximum absolute atomic E-state index is 5.37. The van der Waals surface area contributed by atoms with E-state index in [0.717, 1.165) is 11.0 Å². The normalized spacial score (nSPS) is 10.4. The van der Waals surface area contributed by atoms with Gasteiger partial charge in [-0.2, -0.15) is 0 Å². The number of hydrogen-bond acceptors (Lipinski definition) is 5. The minimum atomic E-state index is 0.381. The standard InChI is InChI=1S/C11H13N3O2/c1-15-10-11(16-7-6-12)14-9-5-3-2-4-8(9)13-10/h2-5H,6-7,12H2,1H3. The Kier molecular flexibility index (Phi) is 3.16. The van der Waals surface area contributed by atoms with Crippen molar-refractivity contribution in [3.05, 3.63) is 24.3 Å². The average Bonchev–Trinajstić information content (AvgIpc) is 2.35. The third kappa shape index (κ3) is 2.04. The number of methoxy groups -OCH3 is 1. The quantitative estimate of drug-likeness (QED) is 0.829. The summed E-state index contributed by atoms with van der Waals surface area (Å²) in [4.78, 5) is 8.61. The largest absolute Gasteiger partial charge is 0.477 e. The molecular formula is C11H13N3O2. The molecule has 16 heavy (non-hydrogen) atoms. The van der Waals surface area contributed by atoms with Gasteiger partial charge in [-0.25, -0.2) is 9.97 Å². The molecule has 1 heterocycles. The van der Waals surface area contributed by atoms with Gasteiger partial charge in [-0.1, -0.05) is 12.1 Å². The summed E-state index contributed by atoms with van der Waals surface area (Å²) >= 11 is 0. The minimum absolute atomic E-state index is 0.381. The van der Waals surface area contributed by atoms with E-state index in [1.807, 2.05) is 24.3 Å². The Morgan fingerprint density at radius 1 is 1.12 bits per heavy atom. The number of rotatable bonds is 4. The van der Waals surface area contributed by atoms with Gasteiger partial charge >= 0.3 is 0 Å². The third-order valence-electron chi connectivity index (χ3n) is 2.06. The number of nitrogens with zero attached hydrogens (tertiary/aromatic N) is 2. The topological polar surface area (TPSA) is 70.3 Å². The van der Waals surface area contributed by atoms with Gasteiger partial charge in [-0.05, 0) is 12.1 Å². The van der Waals surface area contributed by atoms with Gasteiger partial charge in [-0.15, -0.1) is 0 Å². The smallest absolute Gasteiger partial charge is 0.278 e. The molecule has 84 valence electrons. The number of fused-ring (bicyclic) bond motifs is 1. The fourth-order valence-electron chi connectivity index (χ4n) is 1.35. The number of ether oxygens (including phenoxy) is 2. The van der Waals surface area contributed by atoms with Crippen molar-refractivity contribution in [2.75, 3.05) is 20.3 Å². The van der Waals surface area contributed by atoms with Gasteiger partial charge in [0.25, 0.3) is 11.8 Å². The molecule has 0 saturated heterocycles. The van der Waals surface area contributed by atoms with Crippen LogP contribution in [0.1, 0.15) is 0 Å². The molecule has 0 aliphatic rings. The first kappa shape index (κ1) is 10.6. The Morgan fingerprint density at radius 2 is 1.75 bits per heavy atom. The van der Waals surface area contributed by atoms with Crippen LogP contribution in [0.3, 0.4) is 0 Å². The summed E-state index contributed by atoms with van der Waals surface area (Å²) in [5.41, 5.74) is 6.92. The van der Waals surface area contributed by atoms with Crippen molar-refractivity contribution < 1.29 is 9.47 Å². The summed E-state index contributed by atoms with van der Waals surface area (Å²) in [6.45, 7) is 0.820. The molecule has 0 amide bonds. The number of nitrogens with two attached hydrogens (primary N) is 1. The first-order valence-electron chi connectivity index (χ1n) is 4.99. The van der Waals surface area contributed by atoms with Crippen molar-refractivity contribution in [2.45, 2.75) is 0 Å². The van der Waals surface area contributed by atoms with E-state index >= 15 is 0 Å². The summed E-state index contributed by atoms with van der Waals surface area (Å²) in [6, 6.07) is 7.54. The summed E-state index contributed by atoms with van der Waals surface area (Å²) in [7, 11) is 1.54. The van der Waals surface area contributed by atoms with Crippen LogP contribution in [0.2, 0.25) is 0 Å². The second-order valence-corrected chi connectivity index (χ2v) is 3.16. The van der Waals surface area contributed by atoms with E-state index in [9.17, 15) is 0 Å². The number of hydrogen-bond donors (Lipinski definition) is 1. The molecule has 2 rings (SSSR count). The van der Waals surface area contributed by atoms with Crippen molar-refractivity contribution in [3.8, 4) is 11.8 Å². The van der Waals surface area contributed by atoms with E-state index in [0.29, 0.717) is 24.9 Å². The minimum Gasteiger partial charge on any atom is -0.477 e. The highest BCUT2D eigenvalue weighted by Gasteiger charge is 2.09. The maximum atomic E-state index is 5.37. The summed E-state index contributed by atoms with van der Waals surface area (Å²) in [5, 5.41) is 0. The zero-order valence-corrected chi connectivity index (χ0v) is 9.01. The van der Waals surface area contributed by atoms with Gasteiger partial charge in [-0.3, -0.25) is 0 Å². The zero-order valence-electron chi connectivity index (χ0n) is 9.01. The predicted octanol–water partition coefficient (Wildman–Crippen LogP) is 0.976. The monoisotopic (exact) mass is 219 g/mol. The molecule has 0 spiro atoms. The van der Waals surface area contributed by atoms with E-state index < -0.39 is 0 Å². The van der Waals surface area contributed by atoms with E-state index in [-0.39, 0.29) is 0 Å². The second-order valence-electron chi connectivity index (χ2n) is 3.16. The van der Waals surface area contributed by atoms with Crippen molar-refractivity contribution >= 4 is 11.0 Å². The van der Waals surface area contributed by atoms with Crippen LogP contribution in [-0.4, -0.2) is 30.2 Å². The highest BCUT2D eigenvalue weighted by Crippen LogP contribution is 2.24. The SMILES string of the molecule is COc1nc2ccccc2nc1OCCN. The van der Waals surface area contributed by atoms with E-state index in [1.54, 1.807) is 0 Å². The molecule has 1 aromatic carbocycles. The van der Waals surface area contributed by atoms with Crippen molar-refractivity contribution in [1.82, 2.24) is 9.97 Å². The summed E-state index contributed by atoms with van der Waals surface area (Å²) < 4.78 is 10.5. The Balaban J connectivity index is 2.45. The molecule has 2 aromatic rings. The van der Waals surface area contributed by atoms with Gasteiger partial charge in [0.15, 0.2) is 0 Å². The van der Waals surface area contributed by atoms with Gasteiger partial charge in [0.1, 0.15) is 6.61 Å². The fraction of sp³-hybridized carbons (Fsp3) is 0.273. The van der Waals surface area contributed by atoms with E-state index in [2.05, 4.69) is 9.97 Å². The lowest BCUT2D eigenvalue weighted by Crippen LogP contribution is -2.12. The Morgan fingerprint density at radius 3 is 2.31 bits per heavy atom. The first-order chi connectivity index (χ1) is 7.85. The second kappa shape index (κ2) is 4.76. The molecule has 0 fully saturated rings. The van der Waals surface area contributed by atoms with Crippen LogP contribution < -0.4 is 15.2 Å². The number of aromatic nitrogens is 2. The average molecular weight is 219 g/mol. The molecule has 0 radical (unpaired) electrons. The Hall–Kier alpha value is -1.88. The molecule has 0 atom stereocenters. The zero-order chi connectivity index (χ0) is 11.4. The lowest BCUT2D eigenvalue weighted by molar-refractivity contribution is 0.286. The van der Waals surface area contributed by atoms with Gasteiger partial charge in [0.05, 0.1) is 18.1 Å². The van der Waals surface area contributed by atoms with Crippen LogP contribution in [0.15, 0.2) is 24.3 Å². The molecule has 0 saturated carbocycles. The molecule has 2 N–H and O–H groups in total. The van der Waals surface area contributed by atoms with Crippen LogP contribution in [0.25, 0.3) is 11.0 Å². The van der Waals surface area contributed by atoms with Crippen LogP contribution in [-0.2, 0) is 0 Å². The highest BCUT2D eigenvalue weighted by molar-refractivity contribution is 5.75. The fourth-order valence-corrected chi connectivity index (χ4v) is 1.35. The van der Waals surface area contributed by atoms with Gasteiger partial charge in [0.2, 0.25) is 0 Å². The molecular weight excluding hydrogens is 206 g/mol. The lowest BCUT2D eigenvalue weighted by atomic mass is 10.3. The van der Waals surface area contributed by atoms with Crippen LogP contribution >= 0.6 is 0 Å². The lowest BCUT2D eigenvalue weighted by Gasteiger charge is -2.08. The number of para-hydroxylation sites is 2. The summed E-state index contributed by atoms with van der Waals surface area (Å²) in [5.74, 6) is 0.763. The van der Waals surface area contributed by atoms with E-state index in [1.165, 1.54) is 7.11 Å². The van der Waals surface area contributed by atoms with Crippen molar-refractivity contribution in [1.29, 1.82) is 0 Å². The molecule has 0 unspecified atom stereocenters. The van der Waals surface area contributed by atoms with Crippen molar-refractivity contribution in [3.63, 3.8) is 0 Å². The molecule has 1 aromatic heterocycles. The van der Waals surface area contributed by atoms with E-state index in [4.69, 9.17) is 15.2 Å². The van der Waals surface area contributed by atoms with Crippen LogP contribution in [0.5, 0.6) is 11.8 Å². The Bertz CT molecular complexity index is 488. The highest BCUT2D eigenvalue weighted by atomic mass is 16.5. The Labute approximate surface area is 93.2 Å².